The third-order valence-corrected chi connectivity index (χ3v) is 5.71. The summed E-state index contributed by atoms with van der Waals surface area (Å²) in [4.78, 5) is 7.01. The maximum atomic E-state index is 10.5. The molecule has 0 amide bonds. The number of halogens is 1. The van der Waals surface area contributed by atoms with Crippen LogP contribution in [0.1, 0.15) is 65.7 Å². The molecule has 27 heavy (non-hydrogen) atoms. The minimum absolute atomic E-state index is 0. The molecule has 2 saturated heterocycles. The lowest BCUT2D eigenvalue weighted by atomic mass is 9.98. The van der Waals surface area contributed by atoms with E-state index >= 15 is 0 Å². The van der Waals surface area contributed by atoms with Crippen LogP contribution in [0.15, 0.2) is 4.99 Å². The molecule has 0 bridgehead atoms. The summed E-state index contributed by atoms with van der Waals surface area (Å²) in [6.45, 7) is 10.9. The second kappa shape index (κ2) is 13.2. The van der Waals surface area contributed by atoms with Gasteiger partial charge in [0.2, 0.25) is 0 Å². The van der Waals surface area contributed by atoms with Crippen molar-refractivity contribution in [1.29, 1.82) is 0 Å². The van der Waals surface area contributed by atoms with Gasteiger partial charge in [-0.25, -0.2) is 0 Å². The van der Waals surface area contributed by atoms with E-state index in [0.29, 0.717) is 18.8 Å². The van der Waals surface area contributed by atoms with Crippen LogP contribution >= 0.6 is 24.0 Å². The van der Waals surface area contributed by atoms with Crippen molar-refractivity contribution in [3.05, 3.63) is 0 Å². The largest absolute Gasteiger partial charge is 0.388 e. The molecule has 2 aliphatic heterocycles. The topological polar surface area (TPSA) is 66.3 Å². The van der Waals surface area contributed by atoms with Gasteiger partial charge in [0, 0.05) is 26.2 Å². The van der Waals surface area contributed by atoms with E-state index in [2.05, 4.69) is 17.1 Å². The van der Waals surface area contributed by atoms with E-state index < -0.39 is 5.60 Å². The fraction of sp³-hybridized carbons (Fsp3) is 0.950. The summed E-state index contributed by atoms with van der Waals surface area (Å²) in [5.74, 6) is 0.918. The number of aliphatic imine (C=N–C) groups is 1. The van der Waals surface area contributed by atoms with E-state index in [-0.39, 0.29) is 24.0 Å². The summed E-state index contributed by atoms with van der Waals surface area (Å²) >= 11 is 0. The highest BCUT2D eigenvalue weighted by Crippen LogP contribution is 2.19. The fourth-order valence-corrected chi connectivity index (χ4v) is 3.54. The smallest absolute Gasteiger partial charge is 0.194 e. The van der Waals surface area contributed by atoms with Crippen molar-refractivity contribution in [2.45, 2.75) is 83.5 Å². The highest BCUT2D eigenvalue weighted by Gasteiger charge is 2.26. The highest BCUT2D eigenvalue weighted by atomic mass is 127. The zero-order valence-corrected chi connectivity index (χ0v) is 19.7. The zero-order valence-electron chi connectivity index (χ0n) is 17.4. The molecule has 7 heteroatoms. The number of likely N-dealkylation sites (tertiary alicyclic amines) is 1. The SMILES string of the molecule is CCNC(=NCC(O)(CC)CC)N1CCC(OCC2CCCCO2)CC1.I. The second-order valence-corrected chi connectivity index (χ2v) is 7.61. The zero-order chi connectivity index (χ0) is 18.8. The van der Waals surface area contributed by atoms with E-state index in [9.17, 15) is 5.11 Å². The third kappa shape index (κ3) is 8.41. The first-order chi connectivity index (χ1) is 12.6. The van der Waals surface area contributed by atoms with Crippen molar-refractivity contribution in [3.8, 4) is 0 Å². The number of hydrogen-bond donors (Lipinski definition) is 2. The lowest BCUT2D eigenvalue weighted by molar-refractivity contribution is -0.0721. The molecule has 0 aliphatic carbocycles. The molecule has 0 radical (unpaired) electrons. The Morgan fingerprint density at radius 3 is 2.44 bits per heavy atom. The normalized spacial score (nSPS) is 22.4. The lowest BCUT2D eigenvalue weighted by Gasteiger charge is -2.35. The maximum Gasteiger partial charge on any atom is 0.194 e. The van der Waals surface area contributed by atoms with Gasteiger partial charge in [0.1, 0.15) is 0 Å². The number of piperidine rings is 1. The first kappa shape index (κ1) is 24.9. The number of rotatable bonds is 8. The Kier molecular flexibility index (Phi) is 12.2. The maximum absolute atomic E-state index is 10.5. The van der Waals surface area contributed by atoms with Gasteiger partial charge in [-0.2, -0.15) is 0 Å². The number of nitrogens with zero attached hydrogens (tertiary/aromatic N) is 2. The Bertz CT molecular complexity index is 419. The van der Waals surface area contributed by atoms with E-state index in [4.69, 9.17) is 14.5 Å². The average molecular weight is 497 g/mol. The van der Waals surface area contributed by atoms with Gasteiger partial charge in [-0.3, -0.25) is 4.99 Å². The number of hydrogen-bond acceptors (Lipinski definition) is 4. The van der Waals surface area contributed by atoms with Crippen molar-refractivity contribution < 1.29 is 14.6 Å². The molecule has 0 aromatic rings. The quantitative estimate of drug-likeness (QED) is 0.307. The Labute approximate surface area is 182 Å². The van der Waals surface area contributed by atoms with Crippen molar-refractivity contribution in [3.63, 3.8) is 0 Å². The Morgan fingerprint density at radius 2 is 1.89 bits per heavy atom. The summed E-state index contributed by atoms with van der Waals surface area (Å²) in [7, 11) is 0. The Morgan fingerprint density at radius 1 is 1.19 bits per heavy atom. The van der Waals surface area contributed by atoms with E-state index in [1.54, 1.807) is 0 Å². The monoisotopic (exact) mass is 497 g/mol. The molecule has 2 aliphatic rings. The minimum atomic E-state index is -0.692. The fourth-order valence-electron chi connectivity index (χ4n) is 3.54. The number of nitrogens with one attached hydrogen (secondary N) is 1. The van der Waals surface area contributed by atoms with Gasteiger partial charge in [0.25, 0.3) is 0 Å². The van der Waals surface area contributed by atoms with Gasteiger partial charge >= 0.3 is 0 Å². The standard InChI is InChI=1S/C20H39N3O3.HI/c1-4-20(24,5-2)16-22-19(21-6-3)23-12-10-17(11-13-23)26-15-18-9-7-8-14-25-18;/h17-18,24H,4-16H2,1-3H3,(H,21,22);1H. The van der Waals surface area contributed by atoms with Crippen molar-refractivity contribution in [1.82, 2.24) is 10.2 Å². The lowest BCUT2D eigenvalue weighted by Crippen LogP contribution is -2.48. The van der Waals surface area contributed by atoms with Crippen LogP contribution in [0.4, 0.5) is 0 Å². The molecule has 2 rings (SSSR count). The molecule has 1 atom stereocenters. The van der Waals surface area contributed by atoms with Gasteiger partial charge in [-0.05, 0) is 51.9 Å². The van der Waals surface area contributed by atoms with Gasteiger partial charge < -0.3 is 24.8 Å². The highest BCUT2D eigenvalue weighted by molar-refractivity contribution is 14.0. The van der Waals surface area contributed by atoms with E-state index in [1.165, 1.54) is 12.8 Å². The molecule has 2 fully saturated rings. The van der Waals surface area contributed by atoms with Gasteiger partial charge in [0.05, 0.1) is 31.0 Å². The van der Waals surface area contributed by atoms with Crippen LogP contribution < -0.4 is 5.32 Å². The molecular weight excluding hydrogens is 457 g/mol. The Hall–Kier alpha value is -0.120. The van der Waals surface area contributed by atoms with Crippen LogP contribution in [0, 0.1) is 0 Å². The molecule has 2 heterocycles. The predicted octanol–water partition coefficient (Wildman–Crippen LogP) is 3.17. The molecule has 0 aromatic heterocycles. The molecule has 160 valence electrons. The summed E-state index contributed by atoms with van der Waals surface area (Å²) in [6.07, 6.45) is 7.68. The second-order valence-electron chi connectivity index (χ2n) is 7.61. The first-order valence-electron chi connectivity index (χ1n) is 10.6. The summed E-state index contributed by atoms with van der Waals surface area (Å²) in [5, 5.41) is 13.9. The first-order valence-corrected chi connectivity index (χ1v) is 10.6. The molecule has 0 aromatic carbocycles. The summed E-state index contributed by atoms with van der Waals surface area (Å²) < 4.78 is 11.9. The molecule has 0 spiro atoms. The van der Waals surface area contributed by atoms with Gasteiger partial charge in [-0.15, -0.1) is 24.0 Å². The van der Waals surface area contributed by atoms with Crippen LogP contribution in [-0.4, -0.2) is 73.2 Å². The van der Waals surface area contributed by atoms with Crippen LogP contribution in [0.2, 0.25) is 0 Å². The van der Waals surface area contributed by atoms with Crippen LogP contribution in [0.5, 0.6) is 0 Å². The molecular formula is C20H40IN3O3. The number of guanidine groups is 1. The molecule has 0 saturated carbocycles. The third-order valence-electron chi connectivity index (χ3n) is 5.71. The Balaban J connectivity index is 0.00000364. The molecule has 2 N–H and O–H groups in total. The van der Waals surface area contributed by atoms with Crippen molar-refractivity contribution >= 4 is 29.9 Å². The van der Waals surface area contributed by atoms with Gasteiger partial charge in [-0.1, -0.05) is 13.8 Å². The summed E-state index contributed by atoms with van der Waals surface area (Å²) in [6, 6.07) is 0. The number of aliphatic hydroxyl groups is 1. The predicted molar refractivity (Wildman–Crippen MR) is 121 cm³/mol. The van der Waals surface area contributed by atoms with Crippen LogP contribution in [-0.2, 0) is 9.47 Å². The summed E-state index contributed by atoms with van der Waals surface area (Å²) in [5.41, 5.74) is -0.692. The van der Waals surface area contributed by atoms with Crippen molar-refractivity contribution in [2.75, 3.05) is 39.4 Å². The van der Waals surface area contributed by atoms with Crippen LogP contribution in [0.3, 0.4) is 0 Å². The van der Waals surface area contributed by atoms with Gasteiger partial charge in [0.15, 0.2) is 5.96 Å². The van der Waals surface area contributed by atoms with E-state index in [0.717, 1.165) is 70.9 Å². The van der Waals surface area contributed by atoms with Crippen LogP contribution in [0.25, 0.3) is 0 Å². The van der Waals surface area contributed by atoms with E-state index in [1.807, 2.05) is 13.8 Å². The average Bonchev–Trinajstić information content (AvgIpc) is 2.70. The molecule has 6 nitrogen and oxygen atoms in total. The van der Waals surface area contributed by atoms with Crippen molar-refractivity contribution in [2.24, 2.45) is 4.99 Å². The number of ether oxygens (including phenoxy) is 2. The minimum Gasteiger partial charge on any atom is -0.388 e. The molecule has 1 unspecified atom stereocenters.